The number of rotatable bonds is 11. The van der Waals surface area contributed by atoms with E-state index in [2.05, 4.69) is 52.3 Å². The van der Waals surface area contributed by atoms with E-state index in [-0.39, 0.29) is 12.4 Å². The molecule has 0 saturated heterocycles. The Hall–Kier alpha value is -3.84. The van der Waals surface area contributed by atoms with E-state index in [0.29, 0.717) is 5.02 Å². The summed E-state index contributed by atoms with van der Waals surface area (Å²) >= 11 is 6.26. The van der Waals surface area contributed by atoms with Gasteiger partial charge in [0.1, 0.15) is 5.75 Å². The maximum absolute atomic E-state index is 6.26. The summed E-state index contributed by atoms with van der Waals surface area (Å²) < 4.78 is 5.47. The summed E-state index contributed by atoms with van der Waals surface area (Å²) in [6.45, 7) is 3.62. The predicted octanol–water partition coefficient (Wildman–Crippen LogP) is 8.07. The molecule has 41 heavy (non-hydrogen) atoms. The zero-order valence-electron chi connectivity index (χ0n) is 22.9. The number of hydrogen-bond donors (Lipinski definition) is 3. The molecule has 3 N–H and O–H groups in total. The van der Waals surface area contributed by atoms with Gasteiger partial charge in [-0.3, -0.25) is 0 Å². The monoisotopic (exact) mass is 585 g/mol. The third kappa shape index (κ3) is 6.25. The maximum atomic E-state index is 6.26. The van der Waals surface area contributed by atoms with Crippen LogP contribution in [0.2, 0.25) is 5.02 Å². The lowest BCUT2D eigenvalue weighted by Gasteiger charge is -2.15. The fraction of sp³-hybridized carbons (Fsp3) is 0.212. The molecule has 0 radical (unpaired) electrons. The summed E-state index contributed by atoms with van der Waals surface area (Å²) in [6.07, 6.45) is 2.02. The van der Waals surface area contributed by atoms with Crippen LogP contribution in [0.15, 0.2) is 84.9 Å². The van der Waals surface area contributed by atoms with Crippen LogP contribution >= 0.6 is 24.0 Å². The van der Waals surface area contributed by atoms with E-state index >= 15 is 0 Å². The second-order valence-corrected chi connectivity index (χ2v) is 10.3. The average Bonchev–Trinajstić information content (AvgIpc) is 2.98. The molecule has 0 fully saturated rings. The molecule has 0 bridgehead atoms. The van der Waals surface area contributed by atoms with Gasteiger partial charge in [0.25, 0.3) is 0 Å². The van der Waals surface area contributed by atoms with Crippen molar-refractivity contribution in [3.63, 3.8) is 0 Å². The van der Waals surface area contributed by atoms with Crippen LogP contribution in [0.3, 0.4) is 0 Å². The Bertz CT molecular complexity index is 1760. The third-order valence-electron chi connectivity index (χ3n) is 7.19. The summed E-state index contributed by atoms with van der Waals surface area (Å²) in [4.78, 5) is 9.63. The van der Waals surface area contributed by atoms with Gasteiger partial charge < -0.3 is 20.7 Å². The largest absolute Gasteiger partial charge is 0.497 e. The van der Waals surface area contributed by atoms with Gasteiger partial charge in [0.2, 0.25) is 0 Å². The highest BCUT2D eigenvalue weighted by atomic mass is 35.5. The predicted molar refractivity (Wildman–Crippen MR) is 176 cm³/mol. The molecule has 2 aromatic heterocycles. The Morgan fingerprint density at radius 2 is 1.17 bits per heavy atom. The number of para-hydroxylation sites is 2. The Kier molecular flexibility index (Phi) is 9.24. The van der Waals surface area contributed by atoms with Gasteiger partial charge in [0, 0.05) is 39.7 Å². The zero-order chi connectivity index (χ0) is 27.3. The van der Waals surface area contributed by atoms with Crippen LogP contribution in [0.5, 0.6) is 5.75 Å². The number of halogens is 2. The molecule has 0 atom stereocenters. The number of hydrogen-bond acceptors (Lipinski definition) is 6. The molecular weight excluding hydrogens is 553 g/mol. The second-order valence-electron chi connectivity index (χ2n) is 9.86. The van der Waals surface area contributed by atoms with Crippen molar-refractivity contribution in [1.29, 1.82) is 0 Å². The highest BCUT2D eigenvalue weighted by Crippen LogP contribution is 2.34. The number of nitrogens with one attached hydrogen (secondary N) is 3. The van der Waals surface area contributed by atoms with Crippen LogP contribution in [0.1, 0.15) is 12.8 Å². The fourth-order valence-corrected chi connectivity index (χ4v) is 5.39. The summed E-state index contributed by atoms with van der Waals surface area (Å²) in [6, 6.07) is 28.5. The summed E-state index contributed by atoms with van der Waals surface area (Å²) in [5, 5.41) is 16.0. The standard InChI is InChI=1S/C33H32ClN5O.ClH/c1-40-23-13-15-30-27(21-23)33(26-14-12-22(34)20-31(26)39-30)37-19-7-17-35-16-6-18-36-32-24-8-2-4-10-28(24)38-29-11-5-3-9-25(29)32;/h2-5,8-15,20-21,35H,6-7,16-19H2,1H3,(H,36,38)(H,37,39);1H. The Morgan fingerprint density at radius 3 is 1.83 bits per heavy atom. The number of benzene rings is 4. The molecule has 0 spiro atoms. The van der Waals surface area contributed by atoms with Crippen molar-refractivity contribution >= 4 is 79.0 Å². The van der Waals surface area contributed by atoms with Crippen molar-refractivity contribution in [2.75, 3.05) is 43.9 Å². The van der Waals surface area contributed by atoms with Crippen molar-refractivity contribution in [3.8, 4) is 5.75 Å². The molecule has 6 aromatic rings. The summed E-state index contributed by atoms with van der Waals surface area (Å²) in [5.41, 5.74) is 6.07. The molecule has 0 aliphatic heterocycles. The van der Waals surface area contributed by atoms with E-state index in [0.717, 1.165) is 94.1 Å². The number of anilines is 2. The zero-order valence-corrected chi connectivity index (χ0v) is 24.5. The topological polar surface area (TPSA) is 71.1 Å². The minimum Gasteiger partial charge on any atom is -0.497 e. The number of aromatic nitrogens is 2. The van der Waals surface area contributed by atoms with E-state index in [1.54, 1.807) is 7.11 Å². The van der Waals surface area contributed by atoms with Gasteiger partial charge in [-0.05, 0) is 74.5 Å². The van der Waals surface area contributed by atoms with Crippen LogP contribution < -0.4 is 20.7 Å². The molecule has 0 saturated carbocycles. The lowest BCUT2D eigenvalue weighted by atomic mass is 10.1. The van der Waals surface area contributed by atoms with Gasteiger partial charge in [-0.25, -0.2) is 9.97 Å². The molecule has 2 heterocycles. The Balaban J connectivity index is 0.00000337. The first kappa shape index (κ1) is 28.7. The highest BCUT2D eigenvalue weighted by Gasteiger charge is 2.11. The van der Waals surface area contributed by atoms with Gasteiger partial charge in [0.15, 0.2) is 0 Å². The van der Waals surface area contributed by atoms with Crippen molar-refractivity contribution in [3.05, 3.63) is 90.0 Å². The third-order valence-corrected chi connectivity index (χ3v) is 7.43. The number of pyridine rings is 2. The lowest BCUT2D eigenvalue weighted by Crippen LogP contribution is -2.21. The molecule has 8 heteroatoms. The Morgan fingerprint density at radius 1 is 0.610 bits per heavy atom. The van der Waals surface area contributed by atoms with Crippen LogP contribution in [0, 0.1) is 0 Å². The van der Waals surface area contributed by atoms with E-state index < -0.39 is 0 Å². The first-order valence-electron chi connectivity index (χ1n) is 13.7. The van der Waals surface area contributed by atoms with Crippen LogP contribution in [-0.2, 0) is 0 Å². The van der Waals surface area contributed by atoms with E-state index in [1.807, 2.05) is 48.5 Å². The molecule has 4 aromatic carbocycles. The highest BCUT2D eigenvalue weighted by molar-refractivity contribution is 6.31. The van der Waals surface area contributed by atoms with Crippen molar-refractivity contribution in [1.82, 2.24) is 15.3 Å². The van der Waals surface area contributed by atoms with E-state index in [4.69, 9.17) is 26.3 Å². The van der Waals surface area contributed by atoms with Crippen LogP contribution in [-0.4, -0.2) is 43.3 Å². The molecule has 0 aliphatic carbocycles. The first-order valence-corrected chi connectivity index (χ1v) is 14.1. The number of methoxy groups -OCH3 is 1. The Labute approximate surface area is 250 Å². The van der Waals surface area contributed by atoms with Gasteiger partial charge in [-0.1, -0.05) is 48.0 Å². The van der Waals surface area contributed by atoms with Crippen molar-refractivity contribution < 1.29 is 4.74 Å². The summed E-state index contributed by atoms with van der Waals surface area (Å²) in [7, 11) is 1.69. The van der Waals surface area contributed by atoms with Gasteiger partial charge >= 0.3 is 0 Å². The molecule has 0 unspecified atom stereocenters. The normalized spacial score (nSPS) is 11.2. The van der Waals surface area contributed by atoms with Crippen molar-refractivity contribution in [2.24, 2.45) is 0 Å². The van der Waals surface area contributed by atoms with Crippen LogP contribution in [0.25, 0.3) is 43.6 Å². The van der Waals surface area contributed by atoms with Crippen LogP contribution in [0.4, 0.5) is 11.4 Å². The first-order chi connectivity index (χ1) is 19.7. The SMILES string of the molecule is COc1ccc2nc3cc(Cl)ccc3c(NCCCNCCCNc3c4ccccc4nc4ccccc34)c2c1.Cl. The molecule has 6 nitrogen and oxygen atoms in total. The number of ether oxygens (including phenoxy) is 1. The molecular formula is C33H33Cl2N5O. The maximum Gasteiger partial charge on any atom is 0.119 e. The van der Waals surface area contributed by atoms with Crippen molar-refractivity contribution in [2.45, 2.75) is 12.8 Å². The van der Waals surface area contributed by atoms with E-state index in [9.17, 15) is 0 Å². The molecule has 6 rings (SSSR count). The number of nitrogens with zero attached hydrogens (tertiary/aromatic N) is 2. The lowest BCUT2D eigenvalue weighted by molar-refractivity contribution is 0.415. The minimum atomic E-state index is 0. The molecule has 210 valence electrons. The van der Waals surface area contributed by atoms with E-state index in [1.165, 1.54) is 5.69 Å². The summed E-state index contributed by atoms with van der Waals surface area (Å²) in [5.74, 6) is 0.814. The molecule has 0 aliphatic rings. The van der Waals surface area contributed by atoms with Gasteiger partial charge in [0.05, 0.1) is 40.6 Å². The fourth-order valence-electron chi connectivity index (χ4n) is 5.22. The molecule has 0 amide bonds. The second kappa shape index (κ2) is 13.2. The quantitative estimate of drug-likeness (QED) is 0.105. The van der Waals surface area contributed by atoms with Gasteiger partial charge in [-0.15, -0.1) is 12.4 Å². The minimum absolute atomic E-state index is 0. The van der Waals surface area contributed by atoms with Gasteiger partial charge in [-0.2, -0.15) is 0 Å². The number of fused-ring (bicyclic) bond motifs is 4. The average molecular weight is 587 g/mol. The smallest absolute Gasteiger partial charge is 0.119 e.